The van der Waals surface area contributed by atoms with Crippen LogP contribution in [0, 0.1) is 0 Å². The first-order chi connectivity index (χ1) is 7.22. The van der Waals surface area contributed by atoms with Gasteiger partial charge in [0.25, 0.3) is 0 Å². The number of rotatable bonds is 7. The van der Waals surface area contributed by atoms with E-state index < -0.39 is 0 Å². The molecule has 0 bridgehead atoms. The van der Waals surface area contributed by atoms with E-state index in [1.165, 1.54) is 9.75 Å². The van der Waals surface area contributed by atoms with Gasteiger partial charge in [-0.05, 0) is 18.6 Å². The Bertz CT molecular complexity index is 268. The van der Waals surface area contributed by atoms with Crippen molar-refractivity contribution in [1.29, 1.82) is 0 Å². The molecule has 0 aliphatic rings. The van der Waals surface area contributed by atoms with Crippen LogP contribution in [-0.4, -0.2) is 19.1 Å². The monoisotopic (exact) mass is 226 g/mol. The van der Waals surface area contributed by atoms with Crippen molar-refractivity contribution in [3.05, 3.63) is 21.9 Å². The number of aryl methyl sites for hydroxylation is 1. The van der Waals surface area contributed by atoms with E-state index in [4.69, 9.17) is 0 Å². The van der Waals surface area contributed by atoms with Crippen LogP contribution >= 0.6 is 11.3 Å². The summed E-state index contributed by atoms with van der Waals surface area (Å²) in [6, 6.07) is 5.04. The third-order valence-corrected chi connectivity index (χ3v) is 3.45. The molecule has 0 aliphatic carbocycles. The molecule has 1 rings (SSSR count). The summed E-state index contributed by atoms with van der Waals surface area (Å²) in [6.07, 6.45) is 1.15. The highest BCUT2D eigenvalue weighted by Crippen LogP contribution is 2.16. The van der Waals surface area contributed by atoms with Crippen LogP contribution in [0.2, 0.25) is 0 Å². The van der Waals surface area contributed by atoms with Crippen LogP contribution in [0.5, 0.6) is 0 Å². The minimum absolute atomic E-state index is 0.584. The fraction of sp³-hybridized carbons (Fsp3) is 0.667. The molecule has 0 saturated carbocycles. The number of hydrogen-bond donors (Lipinski definition) is 2. The highest BCUT2D eigenvalue weighted by atomic mass is 32.1. The maximum absolute atomic E-state index is 3.44. The molecule has 0 aliphatic heterocycles. The van der Waals surface area contributed by atoms with Crippen molar-refractivity contribution in [3.63, 3.8) is 0 Å². The molecule has 0 amide bonds. The predicted molar refractivity (Wildman–Crippen MR) is 68.5 cm³/mol. The van der Waals surface area contributed by atoms with E-state index in [1.54, 1.807) is 0 Å². The van der Waals surface area contributed by atoms with Gasteiger partial charge in [-0.2, -0.15) is 0 Å². The Morgan fingerprint density at radius 1 is 1.20 bits per heavy atom. The quantitative estimate of drug-likeness (QED) is 0.698. The second-order valence-corrected chi connectivity index (χ2v) is 5.26. The highest BCUT2D eigenvalue weighted by Gasteiger charge is 1.97. The summed E-state index contributed by atoms with van der Waals surface area (Å²) in [7, 11) is 0. The zero-order valence-corrected chi connectivity index (χ0v) is 10.8. The molecule has 0 radical (unpaired) electrons. The summed E-state index contributed by atoms with van der Waals surface area (Å²) >= 11 is 1.91. The molecule has 1 aromatic rings. The molecule has 1 aromatic heterocycles. The summed E-state index contributed by atoms with van der Waals surface area (Å²) in [5, 5.41) is 6.83. The molecule has 3 heteroatoms. The van der Waals surface area contributed by atoms with Crippen LogP contribution in [0.25, 0.3) is 0 Å². The van der Waals surface area contributed by atoms with Gasteiger partial charge in [0.1, 0.15) is 0 Å². The largest absolute Gasteiger partial charge is 0.313 e. The lowest BCUT2D eigenvalue weighted by Gasteiger charge is -2.08. The van der Waals surface area contributed by atoms with Crippen molar-refractivity contribution in [2.24, 2.45) is 0 Å². The Balaban J connectivity index is 2.09. The van der Waals surface area contributed by atoms with E-state index >= 15 is 0 Å². The van der Waals surface area contributed by atoms with Gasteiger partial charge in [-0.25, -0.2) is 0 Å². The van der Waals surface area contributed by atoms with E-state index in [0.29, 0.717) is 6.04 Å². The van der Waals surface area contributed by atoms with Crippen LogP contribution in [0.4, 0.5) is 0 Å². The normalized spacial score (nSPS) is 11.2. The van der Waals surface area contributed by atoms with Crippen molar-refractivity contribution < 1.29 is 0 Å². The van der Waals surface area contributed by atoms with Crippen LogP contribution in [0.15, 0.2) is 12.1 Å². The van der Waals surface area contributed by atoms with E-state index in [0.717, 1.165) is 26.1 Å². The van der Waals surface area contributed by atoms with Gasteiger partial charge in [0.05, 0.1) is 0 Å². The molecule has 2 N–H and O–H groups in total. The molecule has 0 fully saturated rings. The molecule has 0 spiro atoms. The minimum Gasteiger partial charge on any atom is -0.313 e. The van der Waals surface area contributed by atoms with Gasteiger partial charge in [0.15, 0.2) is 0 Å². The van der Waals surface area contributed by atoms with Crippen LogP contribution in [-0.2, 0) is 13.0 Å². The lowest BCUT2D eigenvalue weighted by Crippen LogP contribution is -2.31. The lowest BCUT2D eigenvalue weighted by molar-refractivity contribution is 0.557. The van der Waals surface area contributed by atoms with Gasteiger partial charge >= 0.3 is 0 Å². The average Bonchev–Trinajstić information content (AvgIpc) is 2.65. The van der Waals surface area contributed by atoms with E-state index in [1.807, 2.05) is 11.3 Å². The van der Waals surface area contributed by atoms with E-state index in [2.05, 4.69) is 43.5 Å². The number of nitrogens with one attached hydrogen (secondary N) is 2. The first kappa shape index (κ1) is 12.7. The maximum Gasteiger partial charge on any atom is 0.0300 e. The third-order valence-electron chi connectivity index (χ3n) is 2.22. The SMILES string of the molecule is CCc1ccc(CNCCNC(C)C)s1. The molecule has 15 heavy (non-hydrogen) atoms. The fourth-order valence-corrected chi connectivity index (χ4v) is 2.30. The smallest absolute Gasteiger partial charge is 0.0300 e. The topological polar surface area (TPSA) is 24.1 Å². The fourth-order valence-electron chi connectivity index (χ4n) is 1.37. The molecule has 86 valence electrons. The van der Waals surface area contributed by atoms with Crippen molar-refractivity contribution in [1.82, 2.24) is 10.6 Å². The molecule has 0 atom stereocenters. The standard InChI is InChI=1S/C12H22N2S/c1-4-11-5-6-12(15-11)9-13-7-8-14-10(2)3/h5-6,10,13-14H,4,7-9H2,1-3H3. The van der Waals surface area contributed by atoms with Gasteiger partial charge in [-0.3, -0.25) is 0 Å². The summed E-state index contributed by atoms with van der Waals surface area (Å²) < 4.78 is 0. The van der Waals surface area contributed by atoms with Crippen LogP contribution in [0.1, 0.15) is 30.5 Å². The summed E-state index contributed by atoms with van der Waals surface area (Å²) in [4.78, 5) is 2.92. The van der Waals surface area contributed by atoms with Gasteiger partial charge in [0, 0.05) is 35.4 Å². The van der Waals surface area contributed by atoms with Crippen molar-refractivity contribution in [2.45, 2.75) is 39.8 Å². The Labute approximate surface area is 97.1 Å². The van der Waals surface area contributed by atoms with Gasteiger partial charge in [-0.1, -0.05) is 20.8 Å². The average molecular weight is 226 g/mol. The van der Waals surface area contributed by atoms with E-state index in [9.17, 15) is 0 Å². The van der Waals surface area contributed by atoms with Gasteiger partial charge in [-0.15, -0.1) is 11.3 Å². The summed E-state index contributed by atoms with van der Waals surface area (Å²) in [6.45, 7) is 9.64. The summed E-state index contributed by atoms with van der Waals surface area (Å²) in [5.41, 5.74) is 0. The Morgan fingerprint density at radius 2 is 1.93 bits per heavy atom. The van der Waals surface area contributed by atoms with Gasteiger partial charge in [0.2, 0.25) is 0 Å². The molecule has 0 saturated heterocycles. The first-order valence-electron chi connectivity index (χ1n) is 5.74. The van der Waals surface area contributed by atoms with Gasteiger partial charge < -0.3 is 10.6 Å². The zero-order chi connectivity index (χ0) is 11.1. The second kappa shape index (κ2) is 6.99. The second-order valence-electron chi connectivity index (χ2n) is 4.01. The predicted octanol–water partition coefficient (Wildman–Crippen LogP) is 2.40. The third kappa shape index (κ3) is 5.30. The molecule has 0 aromatic carbocycles. The molecular formula is C12H22N2S. The Morgan fingerprint density at radius 3 is 2.53 bits per heavy atom. The molecule has 2 nitrogen and oxygen atoms in total. The molecule has 1 heterocycles. The van der Waals surface area contributed by atoms with Crippen molar-refractivity contribution >= 4 is 11.3 Å². The van der Waals surface area contributed by atoms with Crippen LogP contribution < -0.4 is 10.6 Å². The number of thiophene rings is 1. The molecule has 0 unspecified atom stereocenters. The number of hydrogen-bond acceptors (Lipinski definition) is 3. The molecular weight excluding hydrogens is 204 g/mol. The van der Waals surface area contributed by atoms with Crippen LogP contribution in [0.3, 0.4) is 0 Å². The Kier molecular flexibility index (Phi) is 5.91. The Hall–Kier alpha value is -0.380. The zero-order valence-electron chi connectivity index (χ0n) is 9.97. The lowest BCUT2D eigenvalue weighted by atomic mass is 10.3. The van der Waals surface area contributed by atoms with Crippen molar-refractivity contribution in [3.8, 4) is 0 Å². The maximum atomic E-state index is 3.44. The summed E-state index contributed by atoms with van der Waals surface area (Å²) in [5.74, 6) is 0. The highest BCUT2D eigenvalue weighted by molar-refractivity contribution is 7.11. The van der Waals surface area contributed by atoms with Crippen molar-refractivity contribution in [2.75, 3.05) is 13.1 Å². The minimum atomic E-state index is 0.584. The van der Waals surface area contributed by atoms with E-state index in [-0.39, 0.29) is 0 Å². The first-order valence-corrected chi connectivity index (χ1v) is 6.55.